The molecule has 3 aromatic heterocycles. The van der Waals surface area contributed by atoms with Crippen molar-refractivity contribution >= 4 is 5.91 Å². The zero-order chi connectivity index (χ0) is 16.5. The molecule has 3 aromatic rings. The first-order chi connectivity index (χ1) is 11.7. The van der Waals surface area contributed by atoms with Gasteiger partial charge in [-0.25, -0.2) is 4.98 Å². The van der Waals surface area contributed by atoms with Crippen LogP contribution in [0.4, 0.5) is 0 Å². The standard InChI is InChI=1S/C17H17N5O2/c1-11-9-22-10-13(4-5-16(22)19-11)20-17(23)14-7-15(24-21-14)12-3-2-6-18-8-12/h2-3,6-9,13H,4-5,10H2,1H3,(H,20,23)/t13-/m0/s1. The Balaban J connectivity index is 1.45. The summed E-state index contributed by atoms with van der Waals surface area (Å²) in [6.45, 7) is 2.71. The number of aromatic nitrogens is 4. The van der Waals surface area contributed by atoms with Crippen LogP contribution in [-0.2, 0) is 13.0 Å². The van der Waals surface area contributed by atoms with Gasteiger partial charge in [-0.3, -0.25) is 9.78 Å². The maximum Gasteiger partial charge on any atom is 0.273 e. The van der Waals surface area contributed by atoms with Crippen LogP contribution in [-0.4, -0.2) is 31.6 Å². The number of carbonyl (C=O) groups is 1. The van der Waals surface area contributed by atoms with Crippen molar-refractivity contribution in [1.29, 1.82) is 0 Å². The molecule has 0 radical (unpaired) electrons. The molecule has 0 bridgehead atoms. The molecule has 7 nitrogen and oxygen atoms in total. The Morgan fingerprint density at radius 3 is 3.21 bits per heavy atom. The average molecular weight is 323 g/mol. The van der Waals surface area contributed by atoms with Crippen LogP contribution in [0.1, 0.15) is 28.4 Å². The van der Waals surface area contributed by atoms with Gasteiger partial charge in [0.05, 0.1) is 5.69 Å². The van der Waals surface area contributed by atoms with Crippen molar-refractivity contribution in [2.24, 2.45) is 0 Å². The van der Waals surface area contributed by atoms with Crippen molar-refractivity contribution in [2.75, 3.05) is 0 Å². The zero-order valence-electron chi connectivity index (χ0n) is 13.3. The molecule has 0 saturated carbocycles. The van der Waals surface area contributed by atoms with E-state index in [2.05, 4.69) is 25.0 Å². The fourth-order valence-corrected chi connectivity index (χ4v) is 2.99. The maximum absolute atomic E-state index is 12.4. The predicted octanol–water partition coefficient (Wildman–Crippen LogP) is 1.99. The molecular weight excluding hydrogens is 306 g/mol. The molecule has 0 unspecified atom stereocenters. The first-order valence-electron chi connectivity index (χ1n) is 7.89. The summed E-state index contributed by atoms with van der Waals surface area (Å²) in [7, 11) is 0. The Morgan fingerprint density at radius 2 is 2.38 bits per heavy atom. The number of aryl methyl sites for hydroxylation is 2. The van der Waals surface area contributed by atoms with Crippen LogP contribution in [0.3, 0.4) is 0 Å². The first kappa shape index (κ1) is 14.6. The number of amides is 1. The Morgan fingerprint density at radius 1 is 1.46 bits per heavy atom. The lowest BCUT2D eigenvalue weighted by atomic mass is 10.1. The Kier molecular flexibility index (Phi) is 3.60. The van der Waals surface area contributed by atoms with E-state index < -0.39 is 0 Å². The molecule has 1 atom stereocenters. The highest BCUT2D eigenvalue weighted by molar-refractivity contribution is 5.93. The molecule has 0 fully saturated rings. The van der Waals surface area contributed by atoms with Crippen molar-refractivity contribution in [2.45, 2.75) is 32.4 Å². The number of hydrogen-bond donors (Lipinski definition) is 1. The van der Waals surface area contributed by atoms with Gasteiger partial charge >= 0.3 is 0 Å². The lowest BCUT2D eigenvalue weighted by molar-refractivity contribution is 0.0918. The van der Waals surface area contributed by atoms with Crippen molar-refractivity contribution < 1.29 is 9.32 Å². The minimum absolute atomic E-state index is 0.0668. The molecule has 0 aliphatic carbocycles. The van der Waals surface area contributed by atoms with E-state index in [1.807, 2.05) is 25.3 Å². The third-order valence-electron chi connectivity index (χ3n) is 4.14. The van der Waals surface area contributed by atoms with E-state index in [1.165, 1.54) is 0 Å². The largest absolute Gasteiger partial charge is 0.355 e. The number of rotatable bonds is 3. The first-order valence-corrected chi connectivity index (χ1v) is 7.89. The zero-order valence-corrected chi connectivity index (χ0v) is 13.3. The second kappa shape index (κ2) is 5.92. The van der Waals surface area contributed by atoms with Crippen LogP contribution in [0.2, 0.25) is 0 Å². The molecule has 1 amide bonds. The second-order valence-corrected chi connectivity index (χ2v) is 5.98. The molecule has 7 heteroatoms. The van der Waals surface area contributed by atoms with E-state index in [9.17, 15) is 4.79 Å². The molecule has 0 aromatic carbocycles. The number of nitrogens with zero attached hydrogens (tertiary/aromatic N) is 4. The smallest absolute Gasteiger partial charge is 0.273 e. The van der Waals surface area contributed by atoms with E-state index in [1.54, 1.807) is 18.5 Å². The van der Waals surface area contributed by atoms with Crippen LogP contribution in [0.25, 0.3) is 11.3 Å². The van der Waals surface area contributed by atoms with E-state index in [4.69, 9.17) is 4.52 Å². The minimum atomic E-state index is -0.223. The lowest BCUT2D eigenvalue weighted by Crippen LogP contribution is -2.41. The Bertz CT molecular complexity index is 868. The molecule has 122 valence electrons. The van der Waals surface area contributed by atoms with E-state index in [0.29, 0.717) is 5.76 Å². The Labute approximate surface area is 138 Å². The maximum atomic E-state index is 12.4. The van der Waals surface area contributed by atoms with Gasteiger partial charge in [0.15, 0.2) is 11.5 Å². The van der Waals surface area contributed by atoms with Crippen molar-refractivity contribution in [3.8, 4) is 11.3 Å². The number of nitrogens with one attached hydrogen (secondary N) is 1. The molecule has 1 aliphatic heterocycles. The summed E-state index contributed by atoms with van der Waals surface area (Å²) in [5, 5.41) is 6.90. The van der Waals surface area contributed by atoms with Crippen LogP contribution in [0, 0.1) is 6.92 Å². The molecule has 4 heterocycles. The third kappa shape index (κ3) is 2.80. The van der Waals surface area contributed by atoms with Gasteiger partial charge in [0.25, 0.3) is 5.91 Å². The lowest BCUT2D eigenvalue weighted by Gasteiger charge is -2.24. The summed E-state index contributed by atoms with van der Waals surface area (Å²) in [6.07, 6.45) is 7.10. The molecule has 4 rings (SSSR count). The quantitative estimate of drug-likeness (QED) is 0.796. The average Bonchev–Trinajstić information content (AvgIpc) is 3.21. The molecule has 0 saturated heterocycles. The fraction of sp³-hybridized carbons (Fsp3) is 0.294. The molecule has 0 spiro atoms. The molecule has 1 aliphatic rings. The monoisotopic (exact) mass is 323 g/mol. The van der Waals surface area contributed by atoms with Crippen molar-refractivity contribution in [3.05, 3.63) is 54.0 Å². The highest BCUT2D eigenvalue weighted by Crippen LogP contribution is 2.19. The van der Waals surface area contributed by atoms with E-state index >= 15 is 0 Å². The van der Waals surface area contributed by atoms with Gasteiger partial charge in [0.1, 0.15) is 5.82 Å². The number of hydrogen-bond acceptors (Lipinski definition) is 5. The van der Waals surface area contributed by atoms with Gasteiger partial charge in [0, 0.05) is 49.2 Å². The van der Waals surface area contributed by atoms with Crippen LogP contribution in [0.5, 0.6) is 0 Å². The van der Waals surface area contributed by atoms with Crippen LogP contribution in [0.15, 0.2) is 41.3 Å². The number of pyridine rings is 1. The summed E-state index contributed by atoms with van der Waals surface area (Å²) in [5.41, 5.74) is 2.08. The van der Waals surface area contributed by atoms with Gasteiger partial charge < -0.3 is 14.4 Å². The summed E-state index contributed by atoms with van der Waals surface area (Å²) in [5.74, 6) is 1.39. The van der Waals surface area contributed by atoms with Gasteiger partial charge in [-0.05, 0) is 25.5 Å². The summed E-state index contributed by atoms with van der Waals surface area (Å²) >= 11 is 0. The highest BCUT2D eigenvalue weighted by atomic mass is 16.5. The van der Waals surface area contributed by atoms with E-state index in [0.717, 1.165) is 36.5 Å². The SMILES string of the molecule is Cc1cn2c(n1)CC[C@H](NC(=O)c1cc(-c3cccnc3)on1)C2. The molecule has 24 heavy (non-hydrogen) atoms. The third-order valence-corrected chi connectivity index (χ3v) is 4.14. The molecule has 1 N–H and O–H groups in total. The summed E-state index contributed by atoms with van der Waals surface area (Å²) < 4.78 is 7.36. The van der Waals surface area contributed by atoms with Crippen LogP contribution >= 0.6 is 0 Å². The van der Waals surface area contributed by atoms with Gasteiger partial charge in [-0.1, -0.05) is 5.16 Å². The second-order valence-electron chi connectivity index (χ2n) is 5.98. The Hall–Kier alpha value is -2.96. The summed E-state index contributed by atoms with van der Waals surface area (Å²) in [6, 6.07) is 5.38. The van der Waals surface area contributed by atoms with Gasteiger partial charge in [-0.2, -0.15) is 0 Å². The summed E-state index contributed by atoms with van der Waals surface area (Å²) in [4.78, 5) is 20.9. The van der Waals surface area contributed by atoms with E-state index in [-0.39, 0.29) is 17.6 Å². The van der Waals surface area contributed by atoms with Gasteiger partial charge in [0.2, 0.25) is 0 Å². The normalized spacial score (nSPS) is 16.6. The number of fused-ring (bicyclic) bond motifs is 1. The topological polar surface area (TPSA) is 85.8 Å². The fourth-order valence-electron chi connectivity index (χ4n) is 2.99. The van der Waals surface area contributed by atoms with Crippen molar-refractivity contribution in [3.63, 3.8) is 0 Å². The van der Waals surface area contributed by atoms with Gasteiger partial charge in [-0.15, -0.1) is 0 Å². The highest BCUT2D eigenvalue weighted by Gasteiger charge is 2.23. The molecular formula is C17H17N5O2. The number of carbonyl (C=O) groups excluding carboxylic acids is 1. The number of imidazole rings is 1. The van der Waals surface area contributed by atoms with Crippen molar-refractivity contribution in [1.82, 2.24) is 25.0 Å². The predicted molar refractivity (Wildman–Crippen MR) is 86.3 cm³/mol. The van der Waals surface area contributed by atoms with Crippen LogP contribution < -0.4 is 5.32 Å². The minimum Gasteiger partial charge on any atom is -0.355 e.